The molecular formula is C13H21ClN2O2. The van der Waals surface area contributed by atoms with Gasteiger partial charge in [-0.25, -0.2) is 0 Å². The summed E-state index contributed by atoms with van der Waals surface area (Å²) < 4.78 is 5.22. The van der Waals surface area contributed by atoms with E-state index in [0.717, 1.165) is 18.4 Å². The van der Waals surface area contributed by atoms with Crippen molar-refractivity contribution in [1.82, 2.24) is 5.32 Å². The summed E-state index contributed by atoms with van der Waals surface area (Å²) in [6.07, 6.45) is 1.28. The van der Waals surface area contributed by atoms with Crippen molar-refractivity contribution in [3.8, 4) is 0 Å². The molecule has 0 aromatic heterocycles. The van der Waals surface area contributed by atoms with Crippen molar-refractivity contribution in [1.29, 1.82) is 0 Å². The van der Waals surface area contributed by atoms with Gasteiger partial charge in [-0.1, -0.05) is 30.3 Å². The van der Waals surface area contributed by atoms with Gasteiger partial charge >= 0.3 is 0 Å². The Hall–Kier alpha value is -1.10. The van der Waals surface area contributed by atoms with Gasteiger partial charge in [0.05, 0.1) is 0 Å². The zero-order valence-corrected chi connectivity index (χ0v) is 11.4. The molecule has 1 atom stereocenters. The fourth-order valence-electron chi connectivity index (χ4n) is 1.60. The molecular weight excluding hydrogens is 252 g/mol. The highest BCUT2D eigenvalue weighted by Crippen LogP contribution is 2.15. The lowest BCUT2D eigenvalue weighted by Crippen LogP contribution is -2.31. The van der Waals surface area contributed by atoms with Gasteiger partial charge in [0.15, 0.2) is 6.10 Å². The topological polar surface area (TPSA) is 64.3 Å². The van der Waals surface area contributed by atoms with Crippen LogP contribution in [0.2, 0.25) is 0 Å². The maximum atomic E-state index is 11.9. The summed E-state index contributed by atoms with van der Waals surface area (Å²) in [7, 11) is 1.54. The monoisotopic (exact) mass is 272 g/mol. The van der Waals surface area contributed by atoms with Crippen molar-refractivity contribution in [3.05, 3.63) is 35.9 Å². The number of halogens is 1. The second kappa shape index (κ2) is 9.88. The molecule has 0 heterocycles. The van der Waals surface area contributed by atoms with Crippen molar-refractivity contribution < 1.29 is 9.53 Å². The molecule has 0 saturated carbocycles. The van der Waals surface area contributed by atoms with E-state index in [1.807, 2.05) is 30.3 Å². The minimum atomic E-state index is -0.533. The fourth-order valence-corrected chi connectivity index (χ4v) is 1.60. The molecule has 0 saturated heterocycles. The Morgan fingerprint density at radius 3 is 2.56 bits per heavy atom. The number of amides is 1. The fraction of sp³-hybridized carbons (Fsp3) is 0.462. The first-order chi connectivity index (χ1) is 8.29. The summed E-state index contributed by atoms with van der Waals surface area (Å²) in [5.41, 5.74) is 6.25. The predicted molar refractivity (Wildman–Crippen MR) is 74.7 cm³/mol. The summed E-state index contributed by atoms with van der Waals surface area (Å²) >= 11 is 0. The maximum absolute atomic E-state index is 11.9. The summed E-state index contributed by atoms with van der Waals surface area (Å²) in [6, 6.07) is 9.46. The molecule has 5 heteroatoms. The number of benzene rings is 1. The van der Waals surface area contributed by atoms with E-state index in [1.165, 1.54) is 7.11 Å². The first-order valence-electron chi connectivity index (χ1n) is 5.85. The Morgan fingerprint density at radius 1 is 1.33 bits per heavy atom. The second-order valence-electron chi connectivity index (χ2n) is 3.81. The predicted octanol–water partition coefficient (Wildman–Crippen LogP) is 1.65. The Kier molecular flexibility index (Phi) is 9.28. The van der Waals surface area contributed by atoms with E-state index in [2.05, 4.69) is 5.32 Å². The molecule has 18 heavy (non-hydrogen) atoms. The van der Waals surface area contributed by atoms with Gasteiger partial charge in [0, 0.05) is 13.7 Å². The normalized spacial score (nSPS) is 11.4. The van der Waals surface area contributed by atoms with Crippen LogP contribution in [0.3, 0.4) is 0 Å². The van der Waals surface area contributed by atoms with Crippen molar-refractivity contribution in [2.75, 3.05) is 20.2 Å². The number of methoxy groups -OCH3 is 1. The van der Waals surface area contributed by atoms with Gasteiger partial charge in [0.25, 0.3) is 5.91 Å². The quantitative estimate of drug-likeness (QED) is 0.742. The van der Waals surface area contributed by atoms with Crippen molar-refractivity contribution >= 4 is 18.3 Å². The standard InChI is InChI=1S/C13H20N2O2.ClH/c1-17-12(11-7-3-2-4-8-11)13(16)15-10-6-5-9-14;/h2-4,7-8,12H,5-6,9-10,14H2,1H3,(H,15,16);1H. The number of carbonyl (C=O) groups excluding carboxylic acids is 1. The van der Waals surface area contributed by atoms with Crippen LogP contribution in [-0.4, -0.2) is 26.1 Å². The SMILES string of the molecule is COC(C(=O)NCCCCN)c1ccccc1.Cl. The van der Waals surface area contributed by atoms with Gasteiger partial charge in [0.1, 0.15) is 0 Å². The largest absolute Gasteiger partial charge is 0.367 e. The number of hydrogen-bond donors (Lipinski definition) is 2. The highest BCUT2D eigenvalue weighted by molar-refractivity contribution is 5.85. The molecule has 0 aliphatic rings. The van der Waals surface area contributed by atoms with E-state index < -0.39 is 6.10 Å². The van der Waals surface area contributed by atoms with Gasteiger partial charge in [-0.05, 0) is 24.9 Å². The average molecular weight is 273 g/mol. The van der Waals surface area contributed by atoms with E-state index in [9.17, 15) is 4.79 Å². The number of unbranched alkanes of at least 4 members (excludes halogenated alkanes) is 1. The Morgan fingerprint density at radius 2 is 2.00 bits per heavy atom. The zero-order valence-electron chi connectivity index (χ0n) is 10.6. The van der Waals surface area contributed by atoms with Crippen molar-refractivity contribution in [2.45, 2.75) is 18.9 Å². The maximum Gasteiger partial charge on any atom is 0.253 e. The number of nitrogens with two attached hydrogens (primary N) is 1. The third kappa shape index (κ3) is 5.49. The Bertz CT molecular complexity index is 333. The minimum absolute atomic E-state index is 0. The van der Waals surface area contributed by atoms with E-state index in [0.29, 0.717) is 13.1 Å². The highest BCUT2D eigenvalue weighted by atomic mass is 35.5. The molecule has 4 nitrogen and oxygen atoms in total. The number of rotatable bonds is 7. The van der Waals surface area contributed by atoms with Crippen molar-refractivity contribution in [3.63, 3.8) is 0 Å². The summed E-state index contributed by atoms with van der Waals surface area (Å²) in [5.74, 6) is -0.101. The lowest BCUT2D eigenvalue weighted by atomic mass is 10.1. The van der Waals surface area contributed by atoms with Gasteiger partial charge in [-0.3, -0.25) is 4.79 Å². The third-order valence-electron chi connectivity index (χ3n) is 2.51. The zero-order chi connectivity index (χ0) is 12.5. The molecule has 1 amide bonds. The van der Waals surface area contributed by atoms with Gasteiger partial charge in [0.2, 0.25) is 0 Å². The van der Waals surface area contributed by atoms with Crippen LogP contribution in [-0.2, 0) is 9.53 Å². The molecule has 0 radical (unpaired) electrons. The van der Waals surface area contributed by atoms with Crippen LogP contribution >= 0.6 is 12.4 Å². The lowest BCUT2D eigenvalue weighted by Gasteiger charge is -2.15. The summed E-state index contributed by atoms with van der Waals surface area (Å²) in [6.45, 7) is 1.30. The van der Waals surface area contributed by atoms with E-state index in [4.69, 9.17) is 10.5 Å². The van der Waals surface area contributed by atoms with Crippen LogP contribution in [0.25, 0.3) is 0 Å². The van der Waals surface area contributed by atoms with E-state index >= 15 is 0 Å². The molecule has 0 spiro atoms. The van der Waals surface area contributed by atoms with Crippen LogP contribution in [0, 0.1) is 0 Å². The molecule has 0 bridgehead atoms. The van der Waals surface area contributed by atoms with E-state index in [-0.39, 0.29) is 18.3 Å². The highest BCUT2D eigenvalue weighted by Gasteiger charge is 2.18. The molecule has 0 aliphatic heterocycles. The molecule has 1 rings (SSSR count). The minimum Gasteiger partial charge on any atom is -0.367 e. The van der Waals surface area contributed by atoms with Crippen LogP contribution in [0.4, 0.5) is 0 Å². The van der Waals surface area contributed by atoms with Crippen LogP contribution in [0.5, 0.6) is 0 Å². The second-order valence-corrected chi connectivity index (χ2v) is 3.81. The summed E-state index contributed by atoms with van der Waals surface area (Å²) in [5, 5.41) is 2.85. The van der Waals surface area contributed by atoms with Crippen molar-refractivity contribution in [2.24, 2.45) is 5.73 Å². The summed E-state index contributed by atoms with van der Waals surface area (Å²) in [4.78, 5) is 11.9. The first kappa shape index (κ1) is 16.9. The Labute approximate surface area is 114 Å². The van der Waals surface area contributed by atoms with Crippen LogP contribution in [0.15, 0.2) is 30.3 Å². The van der Waals surface area contributed by atoms with Gasteiger partial charge < -0.3 is 15.8 Å². The number of nitrogens with one attached hydrogen (secondary N) is 1. The molecule has 102 valence electrons. The Balaban J connectivity index is 0.00000289. The molecule has 1 aromatic rings. The van der Waals surface area contributed by atoms with Crippen LogP contribution < -0.4 is 11.1 Å². The number of hydrogen-bond acceptors (Lipinski definition) is 3. The number of ether oxygens (including phenoxy) is 1. The van der Waals surface area contributed by atoms with Gasteiger partial charge in [-0.15, -0.1) is 12.4 Å². The average Bonchev–Trinajstić information content (AvgIpc) is 2.37. The molecule has 0 fully saturated rings. The number of carbonyl (C=O) groups is 1. The molecule has 0 aliphatic carbocycles. The molecule has 1 unspecified atom stereocenters. The smallest absolute Gasteiger partial charge is 0.253 e. The lowest BCUT2D eigenvalue weighted by molar-refractivity contribution is -0.131. The molecule has 3 N–H and O–H groups in total. The van der Waals surface area contributed by atoms with Crippen LogP contribution in [0.1, 0.15) is 24.5 Å². The third-order valence-corrected chi connectivity index (χ3v) is 2.51. The van der Waals surface area contributed by atoms with Gasteiger partial charge in [-0.2, -0.15) is 0 Å². The first-order valence-corrected chi connectivity index (χ1v) is 5.85. The molecule has 1 aromatic carbocycles. The van der Waals surface area contributed by atoms with E-state index in [1.54, 1.807) is 0 Å².